The van der Waals surface area contributed by atoms with Crippen LogP contribution >= 0.6 is 11.3 Å². The highest BCUT2D eigenvalue weighted by Crippen LogP contribution is 2.38. The number of nitrogen functional groups attached to an aromatic ring is 1. The first-order chi connectivity index (χ1) is 9.07. The number of alkyl halides is 6. The summed E-state index contributed by atoms with van der Waals surface area (Å²) in [5.74, 6) is 0. The molecule has 9 heteroatoms. The fourth-order valence-corrected chi connectivity index (χ4v) is 2.10. The van der Waals surface area contributed by atoms with Crippen LogP contribution in [0.1, 0.15) is 11.1 Å². The van der Waals surface area contributed by atoms with E-state index in [0.29, 0.717) is 12.1 Å². The van der Waals surface area contributed by atoms with Gasteiger partial charge < -0.3 is 5.73 Å². The maximum Gasteiger partial charge on any atom is 0.416 e. The van der Waals surface area contributed by atoms with Crippen molar-refractivity contribution in [3.05, 3.63) is 34.7 Å². The van der Waals surface area contributed by atoms with Crippen LogP contribution in [-0.4, -0.2) is 4.98 Å². The third-order valence-electron chi connectivity index (χ3n) is 2.41. The molecular formula is C11H6F6N2S. The van der Waals surface area contributed by atoms with Crippen molar-refractivity contribution in [2.45, 2.75) is 12.4 Å². The lowest BCUT2D eigenvalue weighted by Crippen LogP contribution is -2.11. The SMILES string of the molecule is Nc1nc(-c2cc(C(F)(F)F)cc(C(F)(F)F)c2)cs1. The van der Waals surface area contributed by atoms with Crippen molar-refractivity contribution >= 4 is 16.5 Å². The summed E-state index contributed by atoms with van der Waals surface area (Å²) in [6.07, 6.45) is -9.75. The molecule has 2 aromatic rings. The van der Waals surface area contributed by atoms with Gasteiger partial charge in [0.05, 0.1) is 16.8 Å². The summed E-state index contributed by atoms with van der Waals surface area (Å²) in [6.45, 7) is 0. The highest BCUT2D eigenvalue weighted by atomic mass is 32.1. The molecule has 0 atom stereocenters. The zero-order valence-electron chi connectivity index (χ0n) is 9.51. The third-order valence-corrected chi connectivity index (χ3v) is 3.08. The van der Waals surface area contributed by atoms with Gasteiger partial charge in [0.25, 0.3) is 0 Å². The Morgan fingerprint density at radius 2 is 1.40 bits per heavy atom. The summed E-state index contributed by atoms with van der Waals surface area (Å²) >= 11 is 0.930. The minimum Gasteiger partial charge on any atom is -0.375 e. The number of benzene rings is 1. The lowest BCUT2D eigenvalue weighted by atomic mass is 10.0. The number of aromatic nitrogens is 1. The zero-order valence-corrected chi connectivity index (χ0v) is 10.3. The summed E-state index contributed by atoms with van der Waals surface area (Å²) < 4.78 is 75.9. The van der Waals surface area contributed by atoms with Crippen molar-refractivity contribution in [3.63, 3.8) is 0 Å². The Morgan fingerprint density at radius 1 is 0.900 bits per heavy atom. The predicted octanol–water partition coefficient (Wildman–Crippen LogP) is 4.43. The molecule has 108 valence electrons. The van der Waals surface area contributed by atoms with Crippen LogP contribution in [0.5, 0.6) is 0 Å². The fourth-order valence-electron chi connectivity index (χ4n) is 1.52. The van der Waals surface area contributed by atoms with Crippen molar-refractivity contribution in [1.82, 2.24) is 4.98 Å². The Morgan fingerprint density at radius 3 is 1.75 bits per heavy atom. The maximum absolute atomic E-state index is 12.6. The van der Waals surface area contributed by atoms with Gasteiger partial charge in [-0.3, -0.25) is 0 Å². The van der Waals surface area contributed by atoms with Crippen molar-refractivity contribution in [3.8, 4) is 11.3 Å². The van der Waals surface area contributed by atoms with Crippen molar-refractivity contribution in [2.75, 3.05) is 5.73 Å². The molecule has 0 amide bonds. The van der Waals surface area contributed by atoms with Crippen LogP contribution < -0.4 is 5.73 Å². The first-order valence-corrected chi connectivity index (χ1v) is 5.96. The van der Waals surface area contributed by atoms with E-state index in [1.54, 1.807) is 0 Å². The summed E-state index contributed by atoms with van der Waals surface area (Å²) in [6, 6.07) is 1.30. The van der Waals surface area contributed by atoms with Gasteiger partial charge in [-0.05, 0) is 18.2 Å². The van der Waals surface area contributed by atoms with E-state index in [4.69, 9.17) is 5.73 Å². The molecular weight excluding hydrogens is 306 g/mol. The number of hydrogen-bond acceptors (Lipinski definition) is 3. The van der Waals surface area contributed by atoms with Crippen LogP contribution in [0.3, 0.4) is 0 Å². The smallest absolute Gasteiger partial charge is 0.375 e. The molecule has 0 fully saturated rings. The number of rotatable bonds is 1. The molecule has 0 aliphatic heterocycles. The van der Waals surface area contributed by atoms with Gasteiger partial charge in [0.2, 0.25) is 0 Å². The van der Waals surface area contributed by atoms with Crippen LogP contribution in [0.25, 0.3) is 11.3 Å². The fraction of sp³-hybridized carbons (Fsp3) is 0.182. The predicted molar refractivity (Wildman–Crippen MR) is 62.0 cm³/mol. The molecule has 0 unspecified atom stereocenters. The van der Waals surface area contributed by atoms with E-state index in [1.807, 2.05) is 0 Å². The summed E-state index contributed by atoms with van der Waals surface area (Å²) in [7, 11) is 0. The maximum atomic E-state index is 12.6. The van der Waals surface area contributed by atoms with Crippen LogP contribution in [0.2, 0.25) is 0 Å². The largest absolute Gasteiger partial charge is 0.416 e. The van der Waals surface area contributed by atoms with E-state index in [-0.39, 0.29) is 22.5 Å². The molecule has 0 aliphatic rings. The first kappa shape index (κ1) is 14.6. The second kappa shape index (κ2) is 4.65. The number of thiazole rings is 1. The molecule has 0 aliphatic carbocycles. The Hall–Kier alpha value is -1.77. The van der Waals surface area contributed by atoms with Crippen molar-refractivity contribution in [2.24, 2.45) is 0 Å². The topological polar surface area (TPSA) is 38.9 Å². The van der Waals surface area contributed by atoms with Gasteiger partial charge in [0, 0.05) is 10.9 Å². The lowest BCUT2D eigenvalue weighted by molar-refractivity contribution is -0.143. The normalized spacial score (nSPS) is 12.7. The number of halogens is 6. The summed E-state index contributed by atoms with van der Waals surface area (Å²) in [5.41, 5.74) is 2.26. The Bertz CT molecular complexity index is 596. The standard InChI is InChI=1S/C11H6F6N2S/c12-10(13,14)6-1-5(8-4-20-9(18)19-8)2-7(3-6)11(15,16)17/h1-4H,(H2,18,19). The van der Waals surface area contributed by atoms with Crippen molar-refractivity contribution < 1.29 is 26.3 Å². The van der Waals surface area contributed by atoms with Gasteiger partial charge in [0.15, 0.2) is 5.13 Å². The van der Waals surface area contributed by atoms with E-state index in [1.165, 1.54) is 5.38 Å². The molecule has 1 heterocycles. The Balaban J connectivity index is 2.63. The number of nitrogens with zero attached hydrogens (tertiary/aromatic N) is 1. The van der Waals surface area contributed by atoms with Gasteiger partial charge in [-0.2, -0.15) is 26.3 Å². The number of anilines is 1. The Labute approximate surface area is 112 Å². The molecule has 2 nitrogen and oxygen atoms in total. The molecule has 0 saturated carbocycles. The summed E-state index contributed by atoms with van der Waals surface area (Å²) in [5, 5.41) is 1.36. The molecule has 20 heavy (non-hydrogen) atoms. The van der Waals surface area contributed by atoms with Gasteiger partial charge in [-0.15, -0.1) is 11.3 Å². The third kappa shape index (κ3) is 3.03. The number of hydrogen-bond donors (Lipinski definition) is 1. The number of nitrogens with two attached hydrogens (primary N) is 1. The van der Waals surface area contributed by atoms with E-state index in [9.17, 15) is 26.3 Å². The van der Waals surface area contributed by atoms with E-state index < -0.39 is 23.5 Å². The van der Waals surface area contributed by atoms with Gasteiger partial charge in [-0.25, -0.2) is 4.98 Å². The molecule has 0 radical (unpaired) electrons. The monoisotopic (exact) mass is 312 g/mol. The Kier molecular flexibility index (Phi) is 3.41. The average molecular weight is 312 g/mol. The van der Waals surface area contributed by atoms with E-state index in [0.717, 1.165) is 11.3 Å². The first-order valence-electron chi connectivity index (χ1n) is 5.08. The highest BCUT2D eigenvalue weighted by molar-refractivity contribution is 7.13. The van der Waals surface area contributed by atoms with Gasteiger partial charge in [-0.1, -0.05) is 0 Å². The van der Waals surface area contributed by atoms with E-state index in [2.05, 4.69) is 4.98 Å². The van der Waals surface area contributed by atoms with E-state index >= 15 is 0 Å². The second-order valence-corrected chi connectivity index (χ2v) is 4.76. The summed E-state index contributed by atoms with van der Waals surface area (Å²) in [4.78, 5) is 3.69. The zero-order chi connectivity index (χ0) is 15.1. The molecule has 0 spiro atoms. The molecule has 1 aromatic heterocycles. The van der Waals surface area contributed by atoms with Crippen LogP contribution in [0.4, 0.5) is 31.5 Å². The minimum atomic E-state index is -4.88. The van der Waals surface area contributed by atoms with Crippen LogP contribution in [-0.2, 0) is 12.4 Å². The van der Waals surface area contributed by atoms with Gasteiger partial charge in [0.1, 0.15) is 0 Å². The quantitative estimate of drug-likeness (QED) is 0.791. The molecule has 0 saturated heterocycles. The second-order valence-electron chi connectivity index (χ2n) is 3.87. The lowest BCUT2D eigenvalue weighted by Gasteiger charge is -2.13. The average Bonchev–Trinajstić information content (AvgIpc) is 2.73. The molecule has 2 rings (SSSR count). The molecule has 1 aromatic carbocycles. The molecule has 0 bridgehead atoms. The molecule has 2 N–H and O–H groups in total. The minimum absolute atomic E-state index is 0.0240. The van der Waals surface area contributed by atoms with Crippen LogP contribution in [0, 0.1) is 0 Å². The van der Waals surface area contributed by atoms with Gasteiger partial charge >= 0.3 is 12.4 Å². The van der Waals surface area contributed by atoms with Crippen molar-refractivity contribution in [1.29, 1.82) is 0 Å². The highest BCUT2D eigenvalue weighted by Gasteiger charge is 2.37. The van der Waals surface area contributed by atoms with Crippen LogP contribution in [0.15, 0.2) is 23.6 Å².